The van der Waals surface area contributed by atoms with Crippen LogP contribution < -0.4 is 15.8 Å². The largest absolute Gasteiger partial charge is 0.352 e. The quantitative estimate of drug-likeness (QED) is 0.634. The van der Waals surface area contributed by atoms with Gasteiger partial charge in [-0.3, -0.25) is 4.79 Å². The normalized spacial score (nSPS) is 22.9. The topological polar surface area (TPSA) is 101 Å². The van der Waals surface area contributed by atoms with Crippen LogP contribution in [0.4, 0.5) is 0 Å². The first-order valence-corrected chi connectivity index (χ1v) is 10.9. The summed E-state index contributed by atoms with van der Waals surface area (Å²) in [5, 5.41) is 2.97. The molecule has 2 rings (SSSR count). The van der Waals surface area contributed by atoms with E-state index in [1.165, 1.54) is 0 Å². The van der Waals surface area contributed by atoms with Crippen LogP contribution in [0.5, 0.6) is 0 Å². The van der Waals surface area contributed by atoms with Crippen LogP contribution in [-0.4, -0.2) is 25.9 Å². The van der Waals surface area contributed by atoms with Gasteiger partial charge >= 0.3 is 0 Å². The number of hydrogen-bond acceptors (Lipinski definition) is 4. The van der Waals surface area contributed by atoms with Crippen LogP contribution in [0, 0.1) is 5.92 Å². The molecule has 0 spiro atoms. The maximum absolute atomic E-state index is 12.5. The third-order valence-corrected chi connectivity index (χ3v) is 6.38. The Kier molecular flexibility index (Phi) is 8.73. The van der Waals surface area contributed by atoms with Gasteiger partial charge in [0.1, 0.15) is 0 Å². The summed E-state index contributed by atoms with van der Waals surface area (Å²) in [6, 6.07) is 7.15. The fourth-order valence-electron chi connectivity index (χ4n) is 3.47. The molecule has 154 valence electrons. The van der Waals surface area contributed by atoms with Gasteiger partial charge in [-0.2, -0.15) is 0 Å². The lowest BCUT2D eigenvalue weighted by Crippen LogP contribution is -2.52. The van der Waals surface area contributed by atoms with Crippen molar-refractivity contribution < 1.29 is 13.2 Å². The molecule has 1 aromatic carbocycles. The minimum atomic E-state index is -3.33. The van der Waals surface area contributed by atoms with Crippen molar-refractivity contribution in [3.05, 3.63) is 35.4 Å². The molecule has 4 N–H and O–H groups in total. The number of hydrogen-bond donors (Lipinski definition) is 3. The molecule has 0 radical (unpaired) electrons. The van der Waals surface area contributed by atoms with Crippen LogP contribution in [0.3, 0.4) is 0 Å². The Morgan fingerprint density at radius 2 is 1.81 bits per heavy atom. The lowest BCUT2D eigenvalue weighted by molar-refractivity contribution is -0.128. The van der Waals surface area contributed by atoms with E-state index in [9.17, 15) is 13.2 Å². The van der Waals surface area contributed by atoms with Crippen LogP contribution in [0.15, 0.2) is 24.3 Å². The van der Waals surface area contributed by atoms with Crippen molar-refractivity contribution in [1.29, 1.82) is 0 Å². The molecule has 8 heteroatoms. The highest BCUT2D eigenvalue weighted by Gasteiger charge is 2.37. The zero-order valence-electron chi connectivity index (χ0n) is 16.3. The highest BCUT2D eigenvalue weighted by atomic mass is 35.5. The summed E-state index contributed by atoms with van der Waals surface area (Å²) in [5.74, 6) is -0.198. The third-order valence-electron chi connectivity index (χ3n) is 4.83. The highest BCUT2D eigenvalue weighted by molar-refractivity contribution is 7.88. The lowest BCUT2D eigenvalue weighted by Gasteiger charge is -2.37. The molecule has 2 atom stereocenters. The Morgan fingerprint density at radius 3 is 2.37 bits per heavy atom. The molecule has 1 aliphatic rings. The molecule has 0 aliphatic heterocycles. The molecule has 1 saturated carbocycles. The Balaban J connectivity index is 0.00000364. The number of sulfonamides is 1. The first kappa shape index (κ1) is 23.9. The van der Waals surface area contributed by atoms with Crippen LogP contribution in [-0.2, 0) is 27.1 Å². The van der Waals surface area contributed by atoms with Gasteiger partial charge < -0.3 is 11.1 Å². The second kappa shape index (κ2) is 9.87. The number of nitrogens with two attached hydrogens (primary N) is 1. The standard InChI is InChI=1S/C19H31N3O3S.ClH/c1-14(2)22-26(24,25)13-16-9-7-15(8-10-16)12-21-18(23)17-6-4-5-11-19(17,3)20;/h7-10,14,17,22H,4-6,11-13,20H2,1-3H3,(H,21,23);1H. The second-order valence-corrected chi connectivity index (χ2v) is 9.62. The minimum Gasteiger partial charge on any atom is -0.352 e. The molecule has 1 amide bonds. The molecule has 2 unspecified atom stereocenters. The van der Waals surface area contributed by atoms with Gasteiger partial charge in [0.2, 0.25) is 15.9 Å². The molecule has 1 aromatic rings. The van der Waals surface area contributed by atoms with E-state index in [1.54, 1.807) is 26.0 Å². The second-order valence-electron chi connectivity index (χ2n) is 7.87. The molecule has 0 bridgehead atoms. The van der Waals surface area contributed by atoms with E-state index in [0.29, 0.717) is 6.54 Å². The van der Waals surface area contributed by atoms with Crippen molar-refractivity contribution in [3.8, 4) is 0 Å². The summed E-state index contributed by atoms with van der Waals surface area (Å²) in [6.45, 7) is 5.96. The maximum atomic E-state index is 12.5. The Morgan fingerprint density at radius 1 is 1.22 bits per heavy atom. The molecule has 0 heterocycles. The molecule has 1 aliphatic carbocycles. The van der Waals surface area contributed by atoms with E-state index in [0.717, 1.165) is 36.8 Å². The van der Waals surface area contributed by atoms with Crippen LogP contribution in [0.25, 0.3) is 0 Å². The molecule has 0 saturated heterocycles. The summed E-state index contributed by atoms with van der Waals surface area (Å²) in [7, 11) is -3.33. The zero-order chi connectivity index (χ0) is 19.4. The monoisotopic (exact) mass is 417 g/mol. The van der Waals surface area contributed by atoms with E-state index in [2.05, 4.69) is 10.0 Å². The summed E-state index contributed by atoms with van der Waals surface area (Å²) in [4.78, 5) is 12.5. The number of rotatable bonds is 7. The number of nitrogens with one attached hydrogen (secondary N) is 2. The predicted octanol–water partition coefficient (Wildman–Crippen LogP) is 2.46. The van der Waals surface area contributed by atoms with Gasteiger partial charge in [-0.05, 0) is 44.7 Å². The van der Waals surface area contributed by atoms with Gasteiger partial charge in [0.05, 0.1) is 11.7 Å². The van der Waals surface area contributed by atoms with Crippen LogP contribution in [0.1, 0.15) is 57.6 Å². The summed E-state index contributed by atoms with van der Waals surface area (Å²) in [6.07, 6.45) is 3.82. The predicted molar refractivity (Wildman–Crippen MR) is 111 cm³/mol. The highest BCUT2D eigenvalue weighted by Crippen LogP contribution is 2.31. The number of benzene rings is 1. The summed E-state index contributed by atoms with van der Waals surface area (Å²) >= 11 is 0. The Bertz CT molecular complexity index is 718. The van der Waals surface area contributed by atoms with Crippen molar-refractivity contribution in [2.75, 3.05) is 0 Å². The van der Waals surface area contributed by atoms with E-state index in [1.807, 2.05) is 19.1 Å². The van der Waals surface area contributed by atoms with Gasteiger partial charge in [0.15, 0.2) is 0 Å². The lowest BCUT2D eigenvalue weighted by atomic mass is 9.74. The zero-order valence-corrected chi connectivity index (χ0v) is 18.0. The van der Waals surface area contributed by atoms with Crippen molar-refractivity contribution in [2.45, 2.75) is 70.3 Å². The van der Waals surface area contributed by atoms with E-state index in [-0.39, 0.29) is 36.0 Å². The van der Waals surface area contributed by atoms with E-state index >= 15 is 0 Å². The van der Waals surface area contributed by atoms with E-state index < -0.39 is 15.6 Å². The van der Waals surface area contributed by atoms with Crippen LogP contribution in [0.2, 0.25) is 0 Å². The summed E-state index contributed by atoms with van der Waals surface area (Å²) in [5.41, 5.74) is 7.49. The molecule has 0 aromatic heterocycles. The average Bonchev–Trinajstić information content (AvgIpc) is 2.52. The molecule has 27 heavy (non-hydrogen) atoms. The third kappa shape index (κ3) is 7.41. The van der Waals surface area contributed by atoms with Gasteiger partial charge in [-0.1, -0.05) is 37.1 Å². The van der Waals surface area contributed by atoms with Crippen molar-refractivity contribution >= 4 is 28.3 Å². The SMILES string of the molecule is CC(C)NS(=O)(=O)Cc1ccc(CNC(=O)C2CCCCC2(C)N)cc1.Cl. The van der Waals surface area contributed by atoms with Gasteiger partial charge in [-0.25, -0.2) is 13.1 Å². The molecule has 6 nitrogen and oxygen atoms in total. The summed E-state index contributed by atoms with van der Waals surface area (Å²) < 4.78 is 26.5. The number of carbonyl (C=O) groups is 1. The first-order valence-electron chi connectivity index (χ1n) is 9.23. The Hall–Kier alpha value is -1.15. The average molecular weight is 418 g/mol. The van der Waals surface area contributed by atoms with E-state index in [4.69, 9.17) is 5.73 Å². The number of halogens is 1. The number of amides is 1. The molecular weight excluding hydrogens is 386 g/mol. The molecule has 1 fully saturated rings. The van der Waals surface area contributed by atoms with Gasteiger partial charge in [-0.15, -0.1) is 12.4 Å². The minimum absolute atomic E-state index is 0. The van der Waals surface area contributed by atoms with Gasteiger partial charge in [0, 0.05) is 18.1 Å². The van der Waals surface area contributed by atoms with Gasteiger partial charge in [0.25, 0.3) is 0 Å². The van der Waals surface area contributed by atoms with Crippen molar-refractivity contribution in [3.63, 3.8) is 0 Å². The fraction of sp³-hybridized carbons (Fsp3) is 0.632. The van der Waals surface area contributed by atoms with Crippen LogP contribution >= 0.6 is 12.4 Å². The first-order chi connectivity index (χ1) is 12.1. The fourth-order valence-corrected chi connectivity index (χ4v) is 4.91. The molecular formula is C19H32ClN3O3S. The van der Waals surface area contributed by atoms with Crippen molar-refractivity contribution in [1.82, 2.24) is 10.0 Å². The van der Waals surface area contributed by atoms with Crippen molar-refractivity contribution in [2.24, 2.45) is 11.7 Å². The number of carbonyl (C=O) groups excluding carboxylic acids is 1. The Labute approximate surface area is 169 Å². The smallest absolute Gasteiger partial charge is 0.225 e. The maximum Gasteiger partial charge on any atom is 0.225 e.